The summed E-state index contributed by atoms with van der Waals surface area (Å²) in [6.07, 6.45) is 0. The van der Waals surface area contributed by atoms with E-state index in [2.05, 4.69) is 5.32 Å². The average molecular weight is 541 g/mol. The number of carbonyl (C=O) groups is 2. The molecule has 202 valence electrons. The van der Waals surface area contributed by atoms with Crippen LogP contribution in [0.1, 0.15) is 62.3 Å². The van der Waals surface area contributed by atoms with Crippen molar-refractivity contribution >= 4 is 29.4 Å². The number of hydrogen-bond acceptors (Lipinski definition) is 4. The molecule has 0 bridgehead atoms. The van der Waals surface area contributed by atoms with E-state index in [4.69, 9.17) is 5.10 Å². The molecule has 1 atom stereocenters. The maximum Gasteiger partial charge on any atom is 0.240 e. The third-order valence-electron chi connectivity index (χ3n) is 6.33. The highest BCUT2D eigenvalue weighted by Gasteiger charge is 2.40. The first-order chi connectivity index (χ1) is 17.9. The summed E-state index contributed by atoms with van der Waals surface area (Å²) in [6.45, 7) is 12.3. The Kier molecular flexibility index (Phi) is 7.97. The lowest BCUT2D eigenvalue weighted by molar-refractivity contribution is -0.123. The standard InChI is InChI=1S/C29H34F2N4O2S/c1-17(2)14-32-23(36)15-34-24(37)16-38-26(21-12-9-19(30)13-22(21)31)25-27(29(4,5)6)33-35(28(25)34)20-10-7-18(3)8-11-20/h7-13,17,26H,14-16H2,1-6H3,(H,32,36)/t26-/m0/s1. The van der Waals surface area contributed by atoms with Gasteiger partial charge < -0.3 is 5.32 Å². The predicted octanol–water partition coefficient (Wildman–Crippen LogP) is 5.70. The summed E-state index contributed by atoms with van der Waals surface area (Å²) >= 11 is 1.26. The van der Waals surface area contributed by atoms with Crippen LogP contribution in [0.3, 0.4) is 0 Å². The van der Waals surface area contributed by atoms with E-state index in [0.717, 1.165) is 11.6 Å². The SMILES string of the molecule is Cc1ccc(-n2nc(C(C)(C)C)c3c2N(CC(=O)NCC(C)C)C(=O)CS[C@H]3c2ccc(F)cc2F)cc1. The van der Waals surface area contributed by atoms with Gasteiger partial charge in [0.2, 0.25) is 11.8 Å². The molecule has 38 heavy (non-hydrogen) atoms. The lowest BCUT2D eigenvalue weighted by Gasteiger charge is -2.25. The quantitative estimate of drug-likeness (QED) is 0.436. The highest BCUT2D eigenvalue weighted by molar-refractivity contribution is 8.00. The number of rotatable bonds is 6. The summed E-state index contributed by atoms with van der Waals surface area (Å²) < 4.78 is 30.7. The largest absolute Gasteiger partial charge is 0.354 e. The molecule has 2 aromatic carbocycles. The molecule has 0 spiro atoms. The molecule has 1 aliphatic heterocycles. The number of aryl methyl sites for hydroxylation is 1. The molecule has 6 nitrogen and oxygen atoms in total. The monoisotopic (exact) mass is 540 g/mol. The molecule has 0 aliphatic carbocycles. The van der Waals surface area contributed by atoms with Gasteiger partial charge >= 0.3 is 0 Å². The molecule has 1 aromatic heterocycles. The molecule has 4 rings (SSSR count). The first-order valence-electron chi connectivity index (χ1n) is 12.7. The van der Waals surface area contributed by atoms with Gasteiger partial charge in [0.05, 0.1) is 22.4 Å². The fourth-order valence-corrected chi connectivity index (χ4v) is 5.64. The summed E-state index contributed by atoms with van der Waals surface area (Å²) in [5, 5.41) is 7.23. The van der Waals surface area contributed by atoms with Gasteiger partial charge in [-0.15, -0.1) is 11.8 Å². The zero-order chi connectivity index (χ0) is 27.8. The summed E-state index contributed by atoms with van der Waals surface area (Å²) in [5.74, 6) is -1.23. The number of carbonyl (C=O) groups excluding carboxylic acids is 2. The van der Waals surface area contributed by atoms with Crippen molar-refractivity contribution in [3.63, 3.8) is 0 Å². The third-order valence-corrected chi connectivity index (χ3v) is 7.57. The molecule has 0 unspecified atom stereocenters. The van der Waals surface area contributed by atoms with Crippen molar-refractivity contribution in [3.05, 3.63) is 76.5 Å². The Bertz CT molecular complexity index is 1350. The Morgan fingerprint density at radius 2 is 1.84 bits per heavy atom. The van der Waals surface area contributed by atoms with Gasteiger partial charge in [-0.05, 0) is 31.0 Å². The summed E-state index contributed by atoms with van der Waals surface area (Å²) in [4.78, 5) is 28.0. The molecule has 0 radical (unpaired) electrons. The van der Waals surface area contributed by atoms with E-state index < -0.39 is 22.3 Å². The van der Waals surface area contributed by atoms with Crippen molar-refractivity contribution in [1.82, 2.24) is 15.1 Å². The number of benzene rings is 2. The number of amides is 2. The number of aromatic nitrogens is 2. The Morgan fingerprint density at radius 3 is 2.45 bits per heavy atom. The second kappa shape index (κ2) is 10.9. The second-order valence-corrected chi connectivity index (χ2v) is 12.2. The van der Waals surface area contributed by atoms with E-state index >= 15 is 4.39 Å². The number of anilines is 1. The normalized spacial score (nSPS) is 16.0. The number of thioether (sulfide) groups is 1. The zero-order valence-corrected chi connectivity index (χ0v) is 23.5. The van der Waals surface area contributed by atoms with Crippen LogP contribution in [0.2, 0.25) is 0 Å². The average Bonchev–Trinajstić information content (AvgIpc) is 3.17. The minimum absolute atomic E-state index is 0.0190. The van der Waals surface area contributed by atoms with E-state index in [-0.39, 0.29) is 35.6 Å². The van der Waals surface area contributed by atoms with Crippen LogP contribution in [-0.4, -0.2) is 40.4 Å². The van der Waals surface area contributed by atoms with Crippen LogP contribution in [0.5, 0.6) is 0 Å². The number of halogens is 2. The van der Waals surface area contributed by atoms with Crippen LogP contribution in [-0.2, 0) is 15.0 Å². The Labute approximate surface area is 226 Å². The molecule has 2 heterocycles. The van der Waals surface area contributed by atoms with E-state index in [1.54, 1.807) is 4.68 Å². The molecule has 3 aromatic rings. The van der Waals surface area contributed by atoms with E-state index in [0.29, 0.717) is 29.3 Å². The number of hydrogen-bond donors (Lipinski definition) is 1. The summed E-state index contributed by atoms with van der Waals surface area (Å²) in [7, 11) is 0. The number of nitrogens with zero attached hydrogens (tertiary/aromatic N) is 3. The van der Waals surface area contributed by atoms with E-state index in [9.17, 15) is 14.0 Å². The Hall–Kier alpha value is -3.20. The molecular weight excluding hydrogens is 506 g/mol. The highest BCUT2D eigenvalue weighted by atomic mass is 32.2. The zero-order valence-electron chi connectivity index (χ0n) is 22.6. The molecular formula is C29H34F2N4O2S. The fourth-order valence-electron chi connectivity index (χ4n) is 4.42. The van der Waals surface area contributed by atoms with Gasteiger partial charge in [-0.2, -0.15) is 5.10 Å². The van der Waals surface area contributed by atoms with Crippen LogP contribution in [0.25, 0.3) is 5.69 Å². The molecule has 1 aliphatic rings. The van der Waals surface area contributed by atoms with Crippen LogP contribution in [0.15, 0.2) is 42.5 Å². The van der Waals surface area contributed by atoms with Crippen LogP contribution in [0.4, 0.5) is 14.6 Å². The smallest absolute Gasteiger partial charge is 0.240 e. The van der Waals surface area contributed by atoms with Crippen molar-refractivity contribution in [3.8, 4) is 5.69 Å². The summed E-state index contributed by atoms with van der Waals surface area (Å²) in [5.41, 5.74) is 2.89. The van der Waals surface area contributed by atoms with Gasteiger partial charge in [0, 0.05) is 29.2 Å². The lowest BCUT2D eigenvalue weighted by Crippen LogP contribution is -2.43. The molecule has 0 saturated heterocycles. The van der Waals surface area contributed by atoms with Crippen LogP contribution < -0.4 is 10.2 Å². The minimum atomic E-state index is -0.688. The second-order valence-electron chi connectivity index (χ2n) is 11.1. The van der Waals surface area contributed by atoms with Crippen molar-refractivity contribution in [2.45, 2.75) is 52.2 Å². The van der Waals surface area contributed by atoms with E-state index in [1.807, 2.05) is 65.8 Å². The first kappa shape index (κ1) is 27.8. The maximum absolute atomic E-state index is 15.2. The van der Waals surface area contributed by atoms with Crippen molar-refractivity contribution in [1.29, 1.82) is 0 Å². The van der Waals surface area contributed by atoms with Crippen LogP contribution >= 0.6 is 11.8 Å². The fraction of sp³-hybridized carbons (Fsp3) is 0.414. The number of fused-ring (bicyclic) bond motifs is 1. The van der Waals surface area contributed by atoms with Gasteiger partial charge in [-0.25, -0.2) is 13.5 Å². The Balaban J connectivity index is 1.98. The molecule has 2 amide bonds. The van der Waals surface area contributed by atoms with Crippen molar-refractivity contribution in [2.24, 2.45) is 5.92 Å². The molecule has 9 heteroatoms. The molecule has 1 N–H and O–H groups in total. The van der Waals surface area contributed by atoms with Gasteiger partial charge in [0.25, 0.3) is 0 Å². The topological polar surface area (TPSA) is 67.2 Å². The van der Waals surface area contributed by atoms with Crippen LogP contribution in [0, 0.1) is 24.5 Å². The van der Waals surface area contributed by atoms with Gasteiger partial charge in [-0.3, -0.25) is 14.5 Å². The van der Waals surface area contributed by atoms with Gasteiger partial charge in [0.1, 0.15) is 24.0 Å². The first-order valence-corrected chi connectivity index (χ1v) is 13.8. The van der Waals surface area contributed by atoms with Crippen molar-refractivity contribution < 1.29 is 18.4 Å². The molecule has 0 saturated carbocycles. The van der Waals surface area contributed by atoms with Crippen molar-refractivity contribution in [2.75, 3.05) is 23.7 Å². The molecule has 0 fully saturated rings. The predicted molar refractivity (Wildman–Crippen MR) is 148 cm³/mol. The maximum atomic E-state index is 15.2. The Morgan fingerprint density at radius 1 is 1.16 bits per heavy atom. The number of nitrogens with one attached hydrogen (secondary N) is 1. The lowest BCUT2D eigenvalue weighted by atomic mass is 9.87. The van der Waals surface area contributed by atoms with Gasteiger partial charge in [0.15, 0.2) is 0 Å². The van der Waals surface area contributed by atoms with E-state index in [1.165, 1.54) is 28.8 Å². The highest BCUT2D eigenvalue weighted by Crippen LogP contribution is 2.49. The summed E-state index contributed by atoms with van der Waals surface area (Å²) in [6, 6.07) is 11.2. The van der Waals surface area contributed by atoms with Gasteiger partial charge in [-0.1, -0.05) is 58.4 Å². The minimum Gasteiger partial charge on any atom is -0.354 e. The third kappa shape index (κ3) is 5.77.